The van der Waals surface area contributed by atoms with Crippen molar-refractivity contribution >= 4 is 34.7 Å². The van der Waals surface area contributed by atoms with Gasteiger partial charge in [-0.05, 0) is 37.3 Å². The molecule has 11 heteroatoms. The van der Waals surface area contributed by atoms with Gasteiger partial charge in [0, 0.05) is 18.3 Å². The van der Waals surface area contributed by atoms with Gasteiger partial charge < -0.3 is 31.3 Å². The monoisotopic (exact) mass is 494 g/mol. The van der Waals surface area contributed by atoms with Crippen LogP contribution >= 0.6 is 11.6 Å². The predicted molar refractivity (Wildman–Crippen MR) is 133 cm³/mol. The lowest BCUT2D eigenvalue weighted by Gasteiger charge is -2.30. The van der Waals surface area contributed by atoms with Crippen LogP contribution in [0.15, 0.2) is 77.8 Å². The summed E-state index contributed by atoms with van der Waals surface area (Å²) in [5.41, 5.74) is 7.60. The van der Waals surface area contributed by atoms with Crippen LogP contribution in [0.2, 0.25) is 5.02 Å². The van der Waals surface area contributed by atoms with E-state index in [0.29, 0.717) is 29.3 Å². The third-order valence-corrected chi connectivity index (χ3v) is 5.35. The number of amides is 2. The van der Waals surface area contributed by atoms with Gasteiger partial charge in [0.15, 0.2) is 17.7 Å². The number of likely N-dealkylation sites (N-methyl/N-ethyl adjacent to an activating group) is 1. The Balaban J connectivity index is 1.57. The predicted octanol–water partition coefficient (Wildman–Crippen LogP) is 3.88. The summed E-state index contributed by atoms with van der Waals surface area (Å²) in [6.45, 7) is 2.20. The average molecular weight is 495 g/mol. The van der Waals surface area contributed by atoms with Crippen molar-refractivity contribution in [3.05, 3.63) is 83.3 Å². The van der Waals surface area contributed by atoms with Crippen molar-refractivity contribution in [1.29, 1.82) is 0 Å². The molecule has 1 unspecified atom stereocenters. The van der Waals surface area contributed by atoms with Crippen molar-refractivity contribution in [2.75, 3.05) is 17.6 Å². The third-order valence-electron chi connectivity index (χ3n) is 5.06. The van der Waals surface area contributed by atoms with Crippen LogP contribution in [0.1, 0.15) is 12.5 Å². The zero-order chi connectivity index (χ0) is 24.9. The highest BCUT2D eigenvalue weighted by molar-refractivity contribution is 6.34. The molecule has 0 bridgehead atoms. The van der Waals surface area contributed by atoms with Gasteiger partial charge in [0.1, 0.15) is 5.75 Å². The van der Waals surface area contributed by atoms with Gasteiger partial charge >= 0.3 is 6.03 Å². The number of rotatable bonds is 6. The molecule has 2 amide bonds. The molecule has 1 aliphatic rings. The molecule has 6 N–H and O–H groups in total. The van der Waals surface area contributed by atoms with E-state index >= 15 is 0 Å². The Hall–Kier alpha value is -4.28. The Bertz CT molecular complexity index is 1290. The van der Waals surface area contributed by atoms with Crippen LogP contribution in [0.3, 0.4) is 0 Å². The van der Waals surface area contributed by atoms with E-state index < -0.39 is 12.3 Å². The molecule has 0 fully saturated rings. The largest absolute Gasteiger partial charge is 0.504 e. The average Bonchev–Trinajstić information content (AvgIpc) is 2.84. The maximum absolute atomic E-state index is 12.6. The van der Waals surface area contributed by atoms with Crippen molar-refractivity contribution in [3.8, 4) is 17.2 Å². The minimum absolute atomic E-state index is 0.0144. The minimum atomic E-state index is -1.18. The molecule has 0 aliphatic carbocycles. The number of halogens is 1. The van der Waals surface area contributed by atoms with Crippen LogP contribution in [-0.2, 0) is 0 Å². The van der Waals surface area contributed by atoms with Crippen LogP contribution in [0.4, 0.5) is 16.2 Å². The lowest BCUT2D eigenvalue weighted by Crippen LogP contribution is -2.43. The molecule has 2 heterocycles. The number of nitrogens with two attached hydrogens (primary N) is 1. The van der Waals surface area contributed by atoms with Gasteiger partial charge in [-0.25, -0.2) is 4.79 Å². The van der Waals surface area contributed by atoms with E-state index in [2.05, 4.69) is 20.7 Å². The van der Waals surface area contributed by atoms with E-state index in [0.717, 1.165) is 0 Å². The van der Waals surface area contributed by atoms with Crippen LogP contribution < -0.4 is 21.1 Å². The molecule has 2 aromatic carbocycles. The molecule has 0 saturated heterocycles. The molecule has 35 heavy (non-hydrogen) atoms. The van der Waals surface area contributed by atoms with E-state index in [1.807, 2.05) is 13.0 Å². The molecule has 10 nitrogen and oxygen atoms in total. The van der Waals surface area contributed by atoms with Gasteiger partial charge in [0.05, 0.1) is 34.0 Å². The number of phenols is 1. The summed E-state index contributed by atoms with van der Waals surface area (Å²) in [4.78, 5) is 16.5. The number of hydrogen-bond acceptors (Lipinski definition) is 8. The molecule has 180 valence electrons. The Morgan fingerprint density at radius 2 is 2.00 bits per heavy atom. The van der Waals surface area contributed by atoms with Crippen molar-refractivity contribution in [1.82, 2.24) is 15.3 Å². The summed E-state index contributed by atoms with van der Waals surface area (Å²) in [5.74, 6) is 0.800. The van der Waals surface area contributed by atoms with Crippen LogP contribution in [-0.4, -0.2) is 44.7 Å². The van der Waals surface area contributed by atoms with Crippen molar-refractivity contribution < 1.29 is 19.7 Å². The Morgan fingerprint density at radius 3 is 2.74 bits per heavy atom. The molecule has 3 aromatic rings. The number of para-hydroxylation sites is 2. The first-order valence-electron chi connectivity index (χ1n) is 10.6. The highest BCUT2D eigenvalue weighted by atomic mass is 35.5. The van der Waals surface area contributed by atoms with Crippen LogP contribution in [0.25, 0.3) is 0 Å². The van der Waals surface area contributed by atoms with E-state index in [9.17, 15) is 15.0 Å². The summed E-state index contributed by atoms with van der Waals surface area (Å²) in [7, 11) is 0. The number of phenolic OH excluding ortho intramolecular Hbond substituents is 1. The SMILES string of the molecule is CCN1N=C(c2cccc(Oc3ccccc3O)c2)C=C(NC(=O)Nc2c(N)cncc2Cl)C1O. The summed E-state index contributed by atoms with van der Waals surface area (Å²) < 4.78 is 5.80. The van der Waals surface area contributed by atoms with Crippen molar-refractivity contribution in [2.24, 2.45) is 5.10 Å². The van der Waals surface area contributed by atoms with E-state index in [1.54, 1.807) is 42.5 Å². The molecular weight excluding hydrogens is 472 g/mol. The smallest absolute Gasteiger partial charge is 0.323 e. The molecule has 0 saturated carbocycles. The van der Waals surface area contributed by atoms with E-state index in [-0.39, 0.29) is 27.8 Å². The number of allylic oxidation sites excluding steroid dienone is 1. The summed E-state index contributed by atoms with van der Waals surface area (Å²) in [6.07, 6.45) is 3.10. The zero-order valence-electron chi connectivity index (χ0n) is 18.6. The number of urea groups is 1. The first kappa shape index (κ1) is 23.9. The number of benzene rings is 2. The number of nitrogens with zero attached hydrogens (tertiary/aromatic N) is 3. The number of carbonyl (C=O) groups excluding carboxylic acids is 1. The minimum Gasteiger partial charge on any atom is -0.504 e. The standard InChI is InChI=1S/C24H23ClN6O4/c1-2-31-23(33)19(28-24(34)29-22-16(25)12-27-13-17(22)26)11-18(30-31)14-6-5-7-15(10-14)35-21-9-4-3-8-20(21)32/h3-13,23,32-33H,2,26H2,1H3,(H2,27,28,29,34). The summed E-state index contributed by atoms with van der Waals surface area (Å²) in [6, 6.07) is 13.1. The Kier molecular flexibility index (Phi) is 7.04. The van der Waals surface area contributed by atoms with Gasteiger partial charge in [-0.3, -0.25) is 9.99 Å². The van der Waals surface area contributed by atoms with Crippen LogP contribution in [0, 0.1) is 0 Å². The first-order valence-corrected chi connectivity index (χ1v) is 11.0. The number of aromatic nitrogens is 1. The summed E-state index contributed by atoms with van der Waals surface area (Å²) >= 11 is 6.07. The number of aliphatic hydroxyl groups excluding tert-OH is 1. The topological polar surface area (TPSA) is 145 Å². The molecule has 1 aliphatic heterocycles. The van der Waals surface area contributed by atoms with Crippen LogP contribution in [0.5, 0.6) is 17.2 Å². The zero-order valence-corrected chi connectivity index (χ0v) is 19.4. The number of hydrazone groups is 1. The number of aromatic hydroxyl groups is 1. The molecular formula is C24H23ClN6O4. The van der Waals surface area contributed by atoms with Gasteiger partial charge in [-0.15, -0.1) is 0 Å². The van der Waals surface area contributed by atoms with Gasteiger partial charge in [0.25, 0.3) is 0 Å². The second-order valence-corrected chi connectivity index (χ2v) is 7.88. The van der Waals surface area contributed by atoms with Gasteiger partial charge in [-0.2, -0.15) is 5.10 Å². The molecule has 0 spiro atoms. The number of nitrogen functional groups attached to an aromatic ring is 1. The quantitative estimate of drug-likeness (QED) is 0.349. The number of anilines is 2. The second kappa shape index (κ2) is 10.3. The lowest BCUT2D eigenvalue weighted by molar-refractivity contribution is 0.0324. The van der Waals surface area contributed by atoms with E-state index in [1.165, 1.54) is 23.5 Å². The maximum Gasteiger partial charge on any atom is 0.323 e. The number of aliphatic hydroxyl groups is 1. The third kappa shape index (κ3) is 5.45. The number of nitrogens with one attached hydrogen (secondary N) is 2. The number of ether oxygens (including phenoxy) is 1. The first-order chi connectivity index (χ1) is 16.9. The number of carbonyl (C=O) groups is 1. The fourth-order valence-corrected chi connectivity index (χ4v) is 3.55. The van der Waals surface area contributed by atoms with Gasteiger partial charge in [0.2, 0.25) is 0 Å². The van der Waals surface area contributed by atoms with Gasteiger partial charge in [-0.1, -0.05) is 35.9 Å². The highest BCUT2D eigenvalue weighted by Gasteiger charge is 2.25. The molecule has 0 radical (unpaired) electrons. The Labute approximate surface area is 206 Å². The number of hydrogen-bond donors (Lipinski definition) is 5. The fraction of sp³-hybridized carbons (Fsp3) is 0.125. The maximum atomic E-state index is 12.6. The van der Waals surface area contributed by atoms with E-state index in [4.69, 9.17) is 22.1 Å². The lowest BCUT2D eigenvalue weighted by atomic mass is 10.1. The van der Waals surface area contributed by atoms with Crippen molar-refractivity contribution in [3.63, 3.8) is 0 Å². The summed E-state index contributed by atoms with van der Waals surface area (Å²) in [5, 5.41) is 32.0. The second-order valence-electron chi connectivity index (χ2n) is 7.48. The molecule has 1 aromatic heterocycles. The van der Waals surface area contributed by atoms with Crippen molar-refractivity contribution in [2.45, 2.75) is 13.2 Å². The highest BCUT2D eigenvalue weighted by Crippen LogP contribution is 2.31. The normalized spacial score (nSPS) is 15.2. The molecule has 4 rings (SSSR count). The fourth-order valence-electron chi connectivity index (χ4n) is 3.34. The molecule has 1 atom stereocenters. The Morgan fingerprint density at radius 1 is 1.20 bits per heavy atom. The number of pyridine rings is 1.